The van der Waals surface area contributed by atoms with Gasteiger partial charge in [-0.2, -0.15) is 23.5 Å². The van der Waals surface area contributed by atoms with E-state index in [0.29, 0.717) is 12.3 Å². The van der Waals surface area contributed by atoms with Gasteiger partial charge >= 0.3 is 5.97 Å². The van der Waals surface area contributed by atoms with Crippen molar-refractivity contribution < 1.29 is 19.4 Å². The van der Waals surface area contributed by atoms with Gasteiger partial charge in [-0.05, 0) is 41.2 Å². The summed E-state index contributed by atoms with van der Waals surface area (Å²) >= 11 is 3.14. The second-order valence-corrected chi connectivity index (χ2v) is 8.97. The van der Waals surface area contributed by atoms with E-state index in [4.69, 9.17) is 4.74 Å². The third-order valence-corrected chi connectivity index (χ3v) is 7.23. The van der Waals surface area contributed by atoms with Crippen molar-refractivity contribution in [2.45, 2.75) is 17.0 Å². The van der Waals surface area contributed by atoms with E-state index in [0.717, 1.165) is 28.2 Å². The lowest BCUT2D eigenvalue weighted by Crippen LogP contribution is -2.45. The normalized spacial score (nSPS) is 16.8. The van der Waals surface area contributed by atoms with Crippen molar-refractivity contribution in [3.05, 3.63) is 71.8 Å². The smallest absolute Gasteiger partial charge is 0.330 e. The number of carbonyl (C=O) groups is 2. The Labute approximate surface area is 185 Å². The standard InChI is InChI=1S/C23H25NO4S2/c1-28-19-10-8-16(9-11-19)14-30-15-21(29-2)22(25)24-13-18(12-20(24)23(26)27)17-6-4-3-5-7-17/h3-12,20-21H,13-15H2,1-2H3,(H,26,27). The zero-order valence-electron chi connectivity index (χ0n) is 17.0. The molecular formula is C23H25NO4S2. The topological polar surface area (TPSA) is 66.8 Å². The van der Waals surface area contributed by atoms with E-state index in [9.17, 15) is 14.7 Å². The van der Waals surface area contributed by atoms with E-state index in [1.807, 2.05) is 60.9 Å². The Hall–Kier alpha value is -2.38. The SMILES string of the molecule is COc1ccc(CSCC(SC)C(=O)N2CC(c3ccccc3)=CC2C(=O)O)cc1. The Morgan fingerprint density at radius 2 is 1.87 bits per heavy atom. The number of hydrogen-bond donors (Lipinski definition) is 1. The van der Waals surface area contributed by atoms with Gasteiger partial charge in [0.15, 0.2) is 0 Å². The molecule has 3 rings (SSSR count). The third-order valence-electron chi connectivity index (χ3n) is 4.97. The first-order valence-corrected chi connectivity index (χ1v) is 12.0. The lowest BCUT2D eigenvalue weighted by Gasteiger charge is -2.26. The van der Waals surface area contributed by atoms with Crippen LogP contribution in [0.3, 0.4) is 0 Å². The fraction of sp³-hybridized carbons (Fsp3) is 0.304. The Kier molecular flexibility index (Phi) is 7.87. The fourth-order valence-corrected chi connectivity index (χ4v) is 5.38. The summed E-state index contributed by atoms with van der Waals surface area (Å²) in [5.74, 6) is 1.09. The third kappa shape index (κ3) is 5.40. The van der Waals surface area contributed by atoms with Crippen LogP contribution >= 0.6 is 23.5 Å². The number of carboxylic acids is 1. The molecule has 2 unspecified atom stereocenters. The number of rotatable bonds is 9. The number of ether oxygens (including phenoxy) is 1. The molecule has 5 nitrogen and oxygen atoms in total. The predicted octanol–water partition coefficient (Wildman–Crippen LogP) is 4.04. The van der Waals surface area contributed by atoms with Crippen LogP contribution in [0.2, 0.25) is 0 Å². The number of nitrogens with zero attached hydrogens (tertiary/aromatic N) is 1. The van der Waals surface area contributed by atoms with E-state index in [-0.39, 0.29) is 11.2 Å². The van der Waals surface area contributed by atoms with Crippen molar-refractivity contribution in [3.63, 3.8) is 0 Å². The number of amides is 1. The molecule has 1 heterocycles. The van der Waals surface area contributed by atoms with E-state index in [1.165, 1.54) is 16.7 Å². The average molecular weight is 444 g/mol. The number of carbonyl (C=O) groups excluding carboxylic acids is 1. The Bertz CT molecular complexity index is 899. The van der Waals surface area contributed by atoms with Gasteiger partial charge in [0.1, 0.15) is 11.8 Å². The molecule has 2 atom stereocenters. The van der Waals surface area contributed by atoms with Crippen molar-refractivity contribution in [3.8, 4) is 5.75 Å². The van der Waals surface area contributed by atoms with Gasteiger partial charge in [-0.3, -0.25) is 4.79 Å². The number of carboxylic acid groups (broad SMARTS) is 1. The number of methoxy groups -OCH3 is 1. The first-order valence-electron chi connectivity index (χ1n) is 9.56. The van der Waals surface area contributed by atoms with Crippen LogP contribution in [0.15, 0.2) is 60.7 Å². The van der Waals surface area contributed by atoms with Gasteiger partial charge in [-0.25, -0.2) is 4.79 Å². The lowest BCUT2D eigenvalue weighted by atomic mass is 10.1. The molecular weight excluding hydrogens is 418 g/mol. The molecule has 0 spiro atoms. The second-order valence-electron chi connectivity index (χ2n) is 6.89. The van der Waals surface area contributed by atoms with Crippen LogP contribution in [0.5, 0.6) is 5.75 Å². The second kappa shape index (κ2) is 10.6. The largest absolute Gasteiger partial charge is 0.497 e. The number of thioether (sulfide) groups is 2. The Morgan fingerprint density at radius 1 is 1.17 bits per heavy atom. The van der Waals surface area contributed by atoms with Gasteiger partial charge in [-0.15, -0.1) is 0 Å². The van der Waals surface area contributed by atoms with Gasteiger partial charge in [0, 0.05) is 18.1 Å². The molecule has 0 radical (unpaired) electrons. The van der Waals surface area contributed by atoms with Gasteiger partial charge in [-0.1, -0.05) is 42.5 Å². The number of hydrogen-bond acceptors (Lipinski definition) is 5. The zero-order chi connectivity index (χ0) is 21.5. The highest BCUT2D eigenvalue weighted by molar-refractivity contribution is 8.03. The van der Waals surface area contributed by atoms with Crippen LogP contribution in [0, 0.1) is 0 Å². The summed E-state index contributed by atoms with van der Waals surface area (Å²) in [6.45, 7) is 0.319. The molecule has 2 aromatic rings. The number of aliphatic carboxylic acids is 1. The van der Waals surface area contributed by atoms with Crippen molar-refractivity contribution in [2.75, 3.05) is 25.7 Å². The van der Waals surface area contributed by atoms with Crippen LogP contribution in [-0.4, -0.2) is 58.8 Å². The van der Waals surface area contributed by atoms with Crippen molar-refractivity contribution in [2.24, 2.45) is 0 Å². The van der Waals surface area contributed by atoms with E-state index < -0.39 is 12.0 Å². The van der Waals surface area contributed by atoms with E-state index >= 15 is 0 Å². The number of benzene rings is 2. The molecule has 1 aliphatic rings. The molecule has 1 amide bonds. The minimum atomic E-state index is -1.000. The zero-order valence-corrected chi connectivity index (χ0v) is 18.6. The minimum absolute atomic E-state index is 0.126. The summed E-state index contributed by atoms with van der Waals surface area (Å²) in [5.41, 5.74) is 2.99. The van der Waals surface area contributed by atoms with Crippen LogP contribution < -0.4 is 4.74 Å². The molecule has 0 saturated heterocycles. The molecule has 1 aliphatic heterocycles. The molecule has 0 aliphatic carbocycles. The molecule has 0 bridgehead atoms. The summed E-state index contributed by atoms with van der Waals surface area (Å²) < 4.78 is 5.17. The molecule has 0 fully saturated rings. The molecule has 7 heteroatoms. The van der Waals surface area contributed by atoms with Crippen molar-refractivity contribution >= 4 is 41.0 Å². The highest BCUT2D eigenvalue weighted by atomic mass is 32.2. The van der Waals surface area contributed by atoms with Crippen molar-refractivity contribution in [1.82, 2.24) is 4.90 Å². The summed E-state index contributed by atoms with van der Waals surface area (Å²) in [5, 5.41) is 9.37. The van der Waals surface area contributed by atoms with Crippen LogP contribution in [0.4, 0.5) is 0 Å². The maximum atomic E-state index is 13.2. The minimum Gasteiger partial charge on any atom is -0.497 e. The molecule has 1 N–H and O–H groups in total. The Morgan fingerprint density at radius 3 is 2.47 bits per heavy atom. The quantitative estimate of drug-likeness (QED) is 0.631. The maximum absolute atomic E-state index is 13.2. The van der Waals surface area contributed by atoms with Crippen LogP contribution in [0.1, 0.15) is 11.1 Å². The lowest BCUT2D eigenvalue weighted by molar-refractivity contribution is -0.146. The molecule has 2 aromatic carbocycles. The van der Waals surface area contributed by atoms with Gasteiger partial charge in [0.25, 0.3) is 0 Å². The summed E-state index contributed by atoms with van der Waals surface area (Å²) in [4.78, 5) is 26.5. The summed E-state index contributed by atoms with van der Waals surface area (Å²) in [6, 6.07) is 16.6. The summed E-state index contributed by atoms with van der Waals surface area (Å²) in [7, 11) is 1.64. The van der Waals surface area contributed by atoms with Crippen LogP contribution in [0.25, 0.3) is 5.57 Å². The predicted molar refractivity (Wildman–Crippen MR) is 124 cm³/mol. The molecule has 30 heavy (non-hydrogen) atoms. The summed E-state index contributed by atoms with van der Waals surface area (Å²) in [6.07, 6.45) is 3.59. The molecule has 0 saturated carbocycles. The highest BCUT2D eigenvalue weighted by Crippen LogP contribution is 2.29. The van der Waals surface area contributed by atoms with E-state index in [2.05, 4.69) is 0 Å². The van der Waals surface area contributed by atoms with E-state index in [1.54, 1.807) is 24.9 Å². The van der Waals surface area contributed by atoms with Gasteiger partial charge in [0.05, 0.1) is 12.4 Å². The van der Waals surface area contributed by atoms with Gasteiger partial charge < -0.3 is 14.7 Å². The average Bonchev–Trinajstić information content (AvgIpc) is 3.23. The molecule has 0 aromatic heterocycles. The Balaban J connectivity index is 1.63. The van der Waals surface area contributed by atoms with Gasteiger partial charge in [0.2, 0.25) is 5.91 Å². The fourth-order valence-electron chi connectivity index (χ4n) is 3.31. The first kappa shape index (κ1) is 22.3. The van der Waals surface area contributed by atoms with Crippen LogP contribution in [-0.2, 0) is 15.3 Å². The first-order chi connectivity index (χ1) is 14.5. The highest BCUT2D eigenvalue weighted by Gasteiger charge is 2.37. The molecule has 158 valence electrons. The monoisotopic (exact) mass is 443 g/mol. The maximum Gasteiger partial charge on any atom is 0.330 e. The van der Waals surface area contributed by atoms with Crippen molar-refractivity contribution in [1.29, 1.82) is 0 Å².